The summed E-state index contributed by atoms with van der Waals surface area (Å²) in [5.41, 5.74) is -0.542. The molecule has 1 aromatic rings. The molecule has 0 heterocycles. The number of hydrogen-bond acceptors (Lipinski definition) is 3. The number of aliphatic hydroxyl groups excluding tert-OH is 1. The van der Waals surface area contributed by atoms with Crippen molar-refractivity contribution < 1.29 is 14.6 Å². The molecule has 17 heavy (non-hydrogen) atoms. The third-order valence-electron chi connectivity index (χ3n) is 2.29. The summed E-state index contributed by atoms with van der Waals surface area (Å²) in [5.74, 6) is 0.390. The number of ether oxygens (including phenoxy) is 1. The van der Waals surface area contributed by atoms with Gasteiger partial charge < -0.3 is 9.84 Å². The number of carbonyl (C=O) groups excluding carboxylic acids is 1. The second kappa shape index (κ2) is 5.52. The highest BCUT2D eigenvalue weighted by molar-refractivity contribution is 6.30. The number of hydrogen-bond donors (Lipinski definition) is 1. The monoisotopic (exact) mass is 256 g/mol. The van der Waals surface area contributed by atoms with Crippen LogP contribution in [0.4, 0.5) is 0 Å². The van der Waals surface area contributed by atoms with Crippen LogP contribution in [-0.2, 0) is 4.79 Å². The lowest BCUT2D eigenvalue weighted by molar-refractivity contribution is -0.135. The highest BCUT2D eigenvalue weighted by Gasteiger charge is 2.30. The van der Waals surface area contributed by atoms with E-state index in [2.05, 4.69) is 0 Å². The largest absolute Gasteiger partial charge is 0.480 e. The van der Waals surface area contributed by atoms with Crippen LogP contribution in [0.1, 0.15) is 20.8 Å². The van der Waals surface area contributed by atoms with Gasteiger partial charge in [-0.15, -0.1) is 0 Å². The molecule has 94 valence electrons. The van der Waals surface area contributed by atoms with E-state index in [0.29, 0.717) is 10.8 Å². The van der Waals surface area contributed by atoms with Gasteiger partial charge in [-0.3, -0.25) is 4.79 Å². The number of carbonyl (C=O) groups is 1. The Labute approximate surface area is 106 Å². The van der Waals surface area contributed by atoms with Crippen molar-refractivity contribution in [2.45, 2.75) is 26.9 Å². The zero-order valence-electron chi connectivity index (χ0n) is 10.2. The molecule has 0 bridgehead atoms. The normalized spacial score (nSPS) is 13.2. The molecule has 0 amide bonds. The summed E-state index contributed by atoms with van der Waals surface area (Å²) in [6.45, 7) is 5.05. The molecule has 1 aromatic carbocycles. The van der Waals surface area contributed by atoms with E-state index in [0.717, 1.165) is 0 Å². The summed E-state index contributed by atoms with van der Waals surface area (Å²) in [6.07, 6.45) is -0.837. The lowest BCUT2D eigenvalue weighted by atomic mass is 9.88. The Morgan fingerprint density at radius 2 is 1.88 bits per heavy atom. The number of aliphatic hydroxyl groups is 1. The first-order valence-electron chi connectivity index (χ1n) is 5.42. The topological polar surface area (TPSA) is 46.5 Å². The maximum absolute atomic E-state index is 12.0. The van der Waals surface area contributed by atoms with Gasteiger partial charge in [0.1, 0.15) is 5.75 Å². The summed E-state index contributed by atoms with van der Waals surface area (Å²) >= 11 is 5.75. The van der Waals surface area contributed by atoms with Crippen LogP contribution in [0.25, 0.3) is 0 Å². The fraction of sp³-hybridized carbons (Fsp3) is 0.462. The second-order valence-corrected chi connectivity index (χ2v) is 5.29. The highest BCUT2D eigenvalue weighted by atomic mass is 35.5. The van der Waals surface area contributed by atoms with Crippen molar-refractivity contribution in [2.24, 2.45) is 5.41 Å². The van der Waals surface area contributed by atoms with Crippen molar-refractivity contribution in [3.05, 3.63) is 29.3 Å². The quantitative estimate of drug-likeness (QED) is 0.901. The Morgan fingerprint density at radius 3 is 2.29 bits per heavy atom. The van der Waals surface area contributed by atoms with Crippen LogP contribution in [0.3, 0.4) is 0 Å². The Morgan fingerprint density at radius 1 is 1.35 bits per heavy atom. The van der Waals surface area contributed by atoms with Crippen molar-refractivity contribution in [3.8, 4) is 5.75 Å². The molecule has 0 aromatic heterocycles. The molecular formula is C13H17ClO3. The molecule has 0 saturated heterocycles. The second-order valence-electron chi connectivity index (χ2n) is 4.86. The van der Waals surface area contributed by atoms with Crippen molar-refractivity contribution in [1.29, 1.82) is 0 Å². The minimum atomic E-state index is -0.837. The lowest BCUT2D eigenvalue weighted by Gasteiger charge is -2.23. The molecule has 1 rings (SSSR count). The summed E-state index contributed by atoms with van der Waals surface area (Å²) < 4.78 is 5.45. The zero-order chi connectivity index (χ0) is 13.1. The summed E-state index contributed by atoms with van der Waals surface area (Å²) in [5, 5.41) is 9.80. The molecular weight excluding hydrogens is 240 g/mol. The van der Waals surface area contributed by atoms with Gasteiger partial charge in [-0.1, -0.05) is 32.4 Å². The van der Waals surface area contributed by atoms with Crippen molar-refractivity contribution in [3.63, 3.8) is 0 Å². The van der Waals surface area contributed by atoms with Crippen molar-refractivity contribution in [1.82, 2.24) is 0 Å². The molecule has 1 N–H and O–H groups in total. The van der Waals surface area contributed by atoms with Gasteiger partial charge in [0.05, 0.1) is 6.61 Å². The van der Waals surface area contributed by atoms with Gasteiger partial charge in [0.25, 0.3) is 0 Å². The van der Waals surface area contributed by atoms with Crippen LogP contribution in [-0.4, -0.2) is 23.6 Å². The van der Waals surface area contributed by atoms with Crippen LogP contribution < -0.4 is 4.74 Å². The smallest absolute Gasteiger partial charge is 0.180 e. The Kier molecular flexibility index (Phi) is 4.54. The Bertz CT molecular complexity index is 379. The molecule has 0 radical (unpaired) electrons. The fourth-order valence-corrected chi connectivity index (χ4v) is 1.46. The first kappa shape index (κ1) is 14.0. The highest BCUT2D eigenvalue weighted by Crippen LogP contribution is 2.21. The summed E-state index contributed by atoms with van der Waals surface area (Å²) in [7, 11) is 0. The van der Waals surface area contributed by atoms with Crippen LogP contribution >= 0.6 is 11.6 Å². The fourth-order valence-electron chi connectivity index (χ4n) is 1.33. The average molecular weight is 257 g/mol. The first-order valence-corrected chi connectivity index (χ1v) is 5.80. The third-order valence-corrected chi connectivity index (χ3v) is 2.54. The molecule has 3 nitrogen and oxygen atoms in total. The van der Waals surface area contributed by atoms with Gasteiger partial charge in [-0.25, -0.2) is 0 Å². The van der Waals surface area contributed by atoms with E-state index >= 15 is 0 Å². The predicted octanol–water partition coefficient (Wildman–Crippen LogP) is 2.69. The number of benzene rings is 1. The van der Waals surface area contributed by atoms with Crippen molar-refractivity contribution in [2.75, 3.05) is 6.61 Å². The molecule has 0 spiro atoms. The van der Waals surface area contributed by atoms with Crippen LogP contribution in [0.2, 0.25) is 5.02 Å². The van der Waals surface area contributed by atoms with E-state index in [1.54, 1.807) is 45.0 Å². The van der Waals surface area contributed by atoms with Crippen molar-refractivity contribution >= 4 is 17.4 Å². The van der Waals surface area contributed by atoms with Crippen LogP contribution in [0.15, 0.2) is 24.3 Å². The van der Waals surface area contributed by atoms with Crippen LogP contribution in [0.5, 0.6) is 5.75 Å². The third kappa shape index (κ3) is 4.02. The van der Waals surface area contributed by atoms with Gasteiger partial charge in [-0.2, -0.15) is 0 Å². The van der Waals surface area contributed by atoms with Gasteiger partial charge in [0, 0.05) is 10.4 Å². The summed E-state index contributed by atoms with van der Waals surface area (Å²) in [6, 6.07) is 6.68. The van der Waals surface area contributed by atoms with E-state index < -0.39 is 11.5 Å². The number of Topliss-reactive ketones (excluding diaryl/α,β-unsaturated/α-hetero) is 1. The van der Waals surface area contributed by atoms with Gasteiger partial charge in [0.2, 0.25) is 0 Å². The zero-order valence-corrected chi connectivity index (χ0v) is 11.0. The summed E-state index contributed by atoms with van der Waals surface area (Å²) in [4.78, 5) is 12.0. The Balaban J connectivity index is 2.77. The van der Waals surface area contributed by atoms with E-state index in [-0.39, 0.29) is 12.4 Å². The van der Waals surface area contributed by atoms with Gasteiger partial charge >= 0.3 is 0 Å². The molecule has 0 aliphatic rings. The van der Waals surface area contributed by atoms with E-state index in [1.807, 2.05) is 0 Å². The molecule has 0 saturated carbocycles. The number of ketones is 1. The van der Waals surface area contributed by atoms with E-state index in [9.17, 15) is 9.90 Å². The lowest BCUT2D eigenvalue weighted by Crippen LogP contribution is -2.39. The first-order chi connectivity index (χ1) is 7.84. The molecule has 0 aliphatic carbocycles. The number of rotatable bonds is 4. The van der Waals surface area contributed by atoms with E-state index in [1.165, 1.54) is 0 Å². The minimum absolute atomic E-state index is 0.130. The average Bonchev–Trinajstić information content (AvgIpc) is 2.26. The van der Waals surface area contributed by atoms with E-state index in [4.69, 9.17) is 16.3 Å². The maximum atomic E-state index is 12.0. The SMILES string of the molecule is CC(C)(C)C(=O)C(CO)Oc1ccc(Cl)cc1. The van der Waals surface area contributed by atoms with Gasteiger partial charge in [0.15, 0.2) is 11.9 Å². The number of halogens is 1. The standard InChI is InChI=1S/C13H17ClO3/c1-13(2,3)12(16)11(8-15)17-10-6-4-9(14)5-7-10/h4-7,11,15H,8H2,1-3H3. The predicted molar refractivity (Wildman–Crippen MR) is 67.4 cm³/mol. The molecule has 0 aliphatic heterocycles. The maximum Gasteiger partial charge on any atom is 0.180 e. The minimum Gasteiger partial charge on any atom is -0.480 e. The molecule has 1 atom stereocenters. The van der Waals surface area contributed by atoms with Crippen LogP contribution in [0, 0.1) is 5.41 Å². The molecule has 0 fully saturated rings. The Hall–Kier alpha value is -1.06. The molecule has 1 unspecified atom stereocenters. The van der Waals surface area contributed by atoms with Gasteiger partial charge in [-0.05, 0) is 24.3 Å². The molecule has 4 heteroatoms.